The van der Waals surface area contributed by atoms with Gasteiger partial charge in [0.15, 0.2) is 0 Å². The van der Waals surface area contributed by atoms with Crippen molar-refractivity contribution in [2.24, 2.45) is 0 Å². The van der Waals surface area contributed by atoms with Crippen molar-refractivity contribution in [2.45, 2.75) is 13.5 Å². The van der Waals surface area contributed by atoms with Crippen molar-refractivity contribution >= 4 is 52.8 Å². The van der Waals surface area contributed by atoms with E-state index in [1.165, 1.54) is 12.1 Å². The molecule has 8 heteroatoms. The largest absolute Gasteiger partial charge is 0.487 e. The Kier molecular flexibility index (Phi) is 6.49. The number of hydrogen-bond donors (Lipinski definition) is 1. The number of carbonyl (C=O) groups is 3. The minimum atomic E-state index is -0.867. The molecule has 6 nitrogen and oxygen atoms in total. The Morgan fingerprint density at radius 2 is 1.73 bits per heavy atom. The Hall–Kier alpha value is -3.61. The Morgan fingerprint density at radius 1 is 0.939 bits per heavy atom. The molecular formula is C25H18Cl2N2O4. The predicted octanol–water partition coefficient (Wildman–Crippen LogP) is 5.55. The highest BCUT2D eigenvalue weighted by Crippen LogP contribution is 2.30. The number of nitrogens with zero attached hydrogens (tertiary/aromatic N) is 1. The van der Waals surface area contributed by atoms with Crippen molar-refractivity contribution in [1.29, 1.82) is 0 Å². The third-order valence-corrected chi connectivity index (χ3v) is 5.55. The molecule has 3 aromatic rings. The summed E-state index contributed by atoms with van der Waals surface area (Å²) >= 11 is 12.5. The molecule has 1 saturated heterocycles. The van der Waals surface area contributed by atoms with Crippen LogP contribution in [0, 0.1) is 6.92 Å². The van der Waals surface area contributed by atoms with Crippen LogP contribution in [0.4, 0.5) is 10.5 Å². The van der Waals surface area contributed by atoms with Crippen molar-refractivity contribution in [3.05, 3.63) is 99.0 Å². The first-order valence-electron chi connectivity index (χ1n) is 9.97. The standard InChI is InChI=1S/C25H18Cl2N2O4/c1-15-5-4-6-17(11-15)14-33-22-10-9-16(13-20(22)27)12-18-23(30)28-25(32)29(24(18)31)21-8-3-2-7-19(21)26/h2-13H,14H2,1H3,(H,28,30,32)/b18-12+. The maximum absolute atomic E-state index is 13.0. The average Bonchev–Trinajstić information content (AvgIpc) is 2.77. The van der Waals surface area contributed by atoms with Gasteiger partial charge >= 0.3 is 6.03 Å². The smallest absolute Gasteiger partial charge is 0.335 e. The summed E-state index contributed by atoms with van der Waals surface area (Å²) in [7, 11) is 0. The van der Waals surface area contributed by atoms with Crippen LogP contribution in [0.5, 0.6) is 5.75 Å². The van der Waals surface area contributed by atoms with E-state index >= 15 is 0 Å². The van der Waals surface area contributed by atoms with Gasteiger partial charge in [0.1, 0.15) is 17.9 Å². The Balaban J connectivity index is 1.57. The van der Waals surface area contributed by atoms with Gasteiger partial charge in [-0.2, -0.15) is 0 Å². The molecule has 3 aromatic carbocycles. The van der Waals surface area contributed by atoms with E-state index in [0.29, 0.717) is 22.9 Å². The second-order valence-corrected chi connectivity index (χ2v) is 8.19. The maximum Gasteiger partial charge on any atom is 0.335 e. The molecule has 4 rings (SSSR count). The fourth-order valence-corrected chi connectivity index (χ4v) is 3.83. The number of urea groups is 1. The number of halogens is 2. The lowest BCUT2D eigenvalue weighted by molar-refractivity contribution is -0.122. The highest BCUT2D eigenvalue weighted by Gasteiger charge is 2.37. The molecule has 1 aliphatic rings. The van der Waals surface area contributed by atoms with Crippen LogP contribution in [0.1, 0.15) is 16.7 Å². The molecule has 0 bridgehead atoms. The Labute approximate surface area is 200 Å². The van der Waals surface area contributed by atoms with Crippen molar-refractivity contribution in [3.63, 3.8) is 0 Å². The first kappa shape index (κ1) is 22.6. The molecule has 1 N–H and O–H groups in total. The van der Waals surface area contributed by atoms with Crippen molar-refractivity contribution in [3.8, 4) is 5.75 Å². The normalized spacial score (nSPS) is 15.1. The summed E-state index contributed by atoms with van der Waals surface area (Å²) in [4.78, 5) is 38.5. The lowest BCUT2D eigenvalue weighted by Gasteiger charge is -2.27. The van der Waals surface area contributed by atoms with E-state index in [-0.39, 0.29) is 16.3 Å². The van der Waals surface area contributed by atoms with Gasteiger partial charge in [-0.25, -0.2) is 9.69 Å². The maximum atomic E-state index is 13.0. The van der Waals surface area contributed by atoms with E-state index in [2.05, 4.69) is 5.32 Å². The lowest BCUT2D eigenvalue weighted by atomic mass is 10.1. The summed E-state index contributed by atoms with van der Waals surface area (Å²) in [6.45, 7) is 2.35. The summed E-state index contributed by atoms with van der Waals surface area (Å²) in [5, 5.41) is 2.69. The van der Waals surface area contributed by atoms with Gasteiger partial charge in [0.2, 0.25) is 0 Å². The third-order valence-electron chi connectivity index (χ3n) is 4.94. The van der Waals surface area contributed by atoms with Crippen LogP contribution in [0.3, 0.4) is 0 Å². The molecule has 1 aliphatic heterocycles. The Morgan fingerprint density at radius 3 is 2.45 bits per heavy atom. The topological polar surface area (TPSA) is 75.7 Å². The van der Waals surface area contributed by atoms with Crippen molar-refractivity contribution in [2.75, 3.05) is 4.90 Å². The number of para-hydroxylation sites is 1. The third kappa shape index (κ3) is 4.92. The number of ether oxygens (including phenoxy) is 1. The molecule has 0 aromatic heterocycles. The van der Waals surface area contributed by atoms with Gasteiger partial charge in [0.25, 0.3) is 11.8 Å². The number of anilines is 1. The Bertz CT molecular complexity index is 1300. The molecule has 0 aliphatic carbocycles. The first-order chi connectivity index (χ1) is 15.8. The van der Waals surface area contributed by atoms with Crippen LogP contribution in [0.2, 0.25) is 10.0 Å². The van der Waals surface area contributed by atoms with Gasteiger partial charge < -0.3 is 4.74 Å². The van der Waals surface area contributed by atoms with Crippen LogP contribution in [0.25, 0.3) is 6.08 Å². The zero-order valence-corrected chi connectivity index (χ0v) is 19.0. The van der Waals surface area contributed by atoms with Crippen LogP contribution in [0.15, 0.2) is 72.3 Å². The number of carbonyl (C=O) groups excluding carboxylic acids is 3. The number of hydrogen-bond acceptors (Lipinski definition) is 4. The molecule has 33 heavy (non-hydrogen) atoms. The molecule has 1 heterocycles. The molecule has 4 amide bonds. The minimum Gasteiger partial charge on any atom is -0.487 e. The zero-order chi connectivity index (χ0) is 23.5. The number of barbiturate groups is 1. The SMILES string of the molecule is Cc1cccc(COc2ccc(/C=C3\C(=O)NC(=O)N(c4ccccc4Cl)C3=O)cc2Cl)c1. The quantitative estimate of drug-likeness (QED) is 0.383. The summed E-state index contributed by atoms with van der Waals surface area (Å²) in [5.74, 6) is -1.12. The highest BCUT2D eigenvalue weighted by atomic mass is 35.5. The van der Waals surface area contributed by atoms with Crippen LogP contribution < -0.4 is 15.0 Å². The van der Waals surface area contributed by atoms with Gasteiger partial charge in [-0.3, -0.25) is 14.9 Å². The van der Waals surface area contributed by atoms with Crippen molar-refractivity contribution < 1.29 is 19.1 Å². The minimum absolute atomic E-state index is 0.179. The molecular weight excluding hydrogens is 463 g/mol. The number of amides is 4. The second kappa shape index (κ2) is 9.48. The van der Waals surface area contributed by atoms with E-state index in [1.54, 1.807) is 36.4 Å². The summed E-state index contributed by atoms with van der Waals surface area (Å²) in [6, 6.07) is 18.3. The van der Waals surface area contributed by atoms with Gasteiger partial charge in [0, 0.05) is 0 Å². The lowest BCUT2D eigenvalue weighted by Crippen LogP contribution is -2.54. The molecule has 0 saturated carbocycles. The average molecular weight is 481 g/mol. The van der Waals surface area contributed by atoms with Crippen LogP contribution in [-0.4, -0.2) is 17.8 Å². The number of benzene rings is 3. The van der Waals surface area contributed by atoms with E-state index in [1.807, 2.05) is 31.2 Å². The fraction of sp³-hybridized carbons (Fsp3) is 0.0800. The monoisotopic (exact) mass is 480 g/mol. The number of aryl methyl sites for hydroxylation is 1. The molecule has 1 fully saturated rings. The van der Waals surface area contributed by atoms with Gasteiger partial charge in [0.05, 0.1) is 15.7 Å². The van der Waals surface area contributed by atoms with Crippen LogP contribution >= 0.6 is 23.2 Å². The predicted molar refractivity (Wildman–Crippen MR) is 127 cm³/mol. The number of nitrogens with one attached hydrogen (secondary N) is 1. The van der Waals surface area contributed by atoms with Gasteiger partial charge in [-0.1, -0.05) is 71.2 Å². The molecule has 166 valence electrons. The second-order valence-electron chi connectivity index (χ2n) is 7.38. The zero-order valence-electron chi connectivity index (χ0n) is 17.5. The van der Waals surface area contributed by atoms with E-state index < -0.39 is 17.8 Å². The summed E-state index contributed by atoms with van der Waals surface area (Å²) in [5.41, 5.74) is 2.59. The highest BCUT2D eigenvalue weighted by molar-refractivity contribution is 6.42. The van der Waals surface area contributed by atoms with E-state index in [0.717, 1.165) is 16.0 Å². The van der Waals surface area contributed by atoms with Crippen molar-refractivity contribution in [1.82, 2.24) is 5.32 Å². The first-order valence-corrected chi connectivity index (χ1v) is 10.7. The molecule has 0 atom stereocenters. The summed E-state index contributed by atoms with van der Waals surface area (Å²) in [6.07, 6.45) is 1.37. The van der Waals surface area contributed by atoms with Crippen LogP contribution in [-0.2, 0) is 16.2 Å². The van der Waals surface area contributed by atoms with E-state index in [9.17, 15) is 14.4 Å². The summed E-state index contributed by atoms with van der Waals surface area (Å²) < 4.78 is 5.80. The number of imide groups is 2. The molecule has 0 radical (unpaired) electrons. The molecule has 0 spiro atoms. The fourth-order valence-electron chi connectivity index (χ4n) is 3.36. The molecule has 0 unspecified atom stereocenters. The van der Waals surface area contributed by atoms with E-state index in [4.69, 9.17) is 27.9 Å². The van der Waals surface area contributed by atoms with Gasteiger partial charge in [-0.15, -0.1) is 0 Å². The van der Waals surface area contributed by atoms with Gasteiger partial charge in [-0.05, 0) is 48.4 Å². The number of rotatable bonds is 5.